The summed E-state index contributed by atoms with van der Waals surface area (Å²) in [4.78, 5) is 27.9. The number of nitrogens with zero attached hydrogens (tertiary/aromatic N) is 3. The summed E-state index contributed by atoms with van der Waals surface area (Å²) < 4.78 is 1.75. The SMILES string of the molecule is CC(=O)N[C@@H](C(=O)Nc1ccc(-n2nc(C)cc2C)nc1)C(C)C. The Morgan fingerprint density at radius 1 is 1.21 bits per heavy atom. The number of aromatic nitrogens is 3. The van der Waals surface area contributed by atoms with Crippen LogP contribution in [0, 0.1) is 19.8 Å². The van der Waals surface area contributed by atoms with Gasteiger partial charge in [0.2, 0.25) is 11.8 Å². The summed E-state index contributed by atoms with van der Waals surface area (Å²) in [7, 11) is 0. The fourth-order valence-electron chi connectivity index (χ4n) is 2.42. The van der Waals surface area contributed by atoms with E-state index in [0.717, 1.165) is 11.4 Å². The second-order valence-electron chi connectivity index (χ2n) is 6.16. The topological polar surface area (TPSA) is 88.9 Å². The maximum atomic E-state index is 12.3. The van der Waals surface area contributed by atoms with Crippen LogP contribution in [0.4, 0.5) is 5.69 Å². The van der Waals surface area contributed by atoms with Gasteiger partial charge in [0.15, 0.2) is 5.82 Å². The number of carbonyl (C=O) groups is 2. The molecular formula is C17H23N5O2. The van der Waals surface area contributed by atoms with Gasteiger partial charge in [0.05, 0.1) is 17.6 Å². The molecule has 2 heterocycles. The molecule has 2 aromatic rings. The Labute approximate surface area is 141 Å². The predicted molar refractivity (Wildman–Crippen MR) is 91.9 cm³/mol. The van der Waals surface area contributed by atoms with Crippen LogP contribution >= 0.6 is 0 Å². The Balaban J connectivity index is 2.12. The van der Waals surface area contributed by atoms with Crippen molar-refractivity contribution in [2.24, 2.45) is 5.92 Å². The molecule has 0 fully saturated rings. The Hall–Kier alpha value is -2.70. The molecule has 0 spiro atoms. The highest BCUT2D eigenvalue weighted by molar-refractivity contribution is 5.97. The second-order valence-corrected chi connectivity index (χ2v) is 6.16. The van der Waals surface area contributed by atoms with E-state index in [1.54, 1.807) is 23.0 Å². The number of anilines is 1. The molecule has 2 amide bonds. The quantitative estimate of drug-likeness (QED) is 0.878. The van der Waals surface area contributed by atoms with Gasteiger partial charge in [0, 0.05) is 12.6 Å². The van der Waals surface area contributed by atoms with E-state index in [1.165, 1.54) is 6.92 Å². The van der Waals surface area contributed by atoms with Gasteiger partial charge in [-0.25, -0.2) is 9.67 Å². The number of amides is 2. The van der Waals surface area contributed by atoms with Gasteiger partial charge in [-0.05, 0) is 38.0 Å². The van der Waals surface area contributed by atoms with E-state index < -0.39 is 6.04 Å². The maximum absolute atomic E-state index is 12.3. The van der Waals surface area contributed by atoms with Crippen LogP contribution in [0.15, 0.2) is 24.4 Å². The van der Waals surface area contributed by atoms with Gasteiger partial charge < -0.3 is 10.6 Å². The van der Waals surface area contributed by atoms with Crippen LogP contribution in [0.25, 0.3) is 5.82 Å². The van der Waals surface area contributed by atoms with Crippen molar-refractivity contribution in [2.45, 2.75) is 40.7 Å². The number of carbonyl (C=O) groups excluding carboxylic acids is 2. The van der Waals surface area contributed by atoms with Gasteiger partial charge in [-0.15, -0.1) is 0 Å². The van der Waals surface area contributed by atoms with Crippen molar-refractivity contribution in [3.05, 3.63) is 35.8 Å². The highest BCUT2D eigenvalue weighted by Gasteiger charge is 2.23. The van der Waals surface area contributed by atoms with Gasteiger partial charge in [-0.1, -0.05) is 13.8 Å². The van der Waals surface area contributed by atoms with Crippen LogP contribution in [-0.4, -0.2) is 32.6 Å². The van der Waals surface area contributed by atoms with E-state index in [9.17, 15) is 9.59 Å². The Kier molecular flexibility index (Phi) is 5.33. The molecule has 0 saturated heterocycles. The second kappa shape index (κ2) is 7.25. The highest BCUT2D eigenvalue weighted by atomic mass is 16.2. The zero-order valence-electron chi connectivity index (χ0n) is 14.6. The van der Waals surface area contributed by atoms with Gasteiger partial charge in [-0.2, -0.15) is 5.10 Å². The first-order chi connectivity index (χ1) is 11.3. The molecule has 0 saturated carbocycles. The van der Waals surface area contributed by atoms with Crippen LogP contribution in [-0.2, 0) is 9.59 Å². The molecule has 0 aliphatic carbocycles. The minimum Gasteiger partial charge on any atom is -0.344 e. The Bertz CT molecular complexity index is 734. The van der Waals surface area contributed by atoms with Gasteiger partial charge in [-0.3, -0.25) is 9.59 Å². The van der Waals surface area contributed by atoms with Gasteiger partial charge >= 0.3 is 0 Å². The first-order valence-corrected chi connectivity index (χ1v) is 7.85. The number of rotatable bonds is 5. The molecular weight excluding hydrogens is 306 g/mol. The van der Waals surface area contributed by atoms with Crippen molar-refractivity contribution in [2.75, 3.05) is 5.32 Å². The summed E-state index contributed by atoms with van der Waals surface area (Å²) in [6.45, 7) is 9.03. The monoisotopic (exact) mass is 329 g/mol. The van der Waals surface area contributed by atoms with Crippen LogP contribution in [0.1, 0.15) is 32.2 Å². The summed E-state index contributed by atoms with van der Waals surface area (Å²) in [5.41, 5.74) is 2.48. The van der Waals surface area contributed by atoms with Crippen LogP contribution in [0.3, 0.4) is 0 Å². The minimum absolute atomic E-state index is 0.0177. The van der Waals surface area contributed by atoms with Crippen molar-refractivity contribution in [1.29, 1.82) is 0 Å². The summed E-state index contributed by atoms with van der Waals surface area (Å²) >= 11 is 0. The summed E-state index contributed by atoms with van der Waals surface area (Å²) in [6.07, 6.45) is 1.58. The summed E-state index contributed by atoms with van der Waals surface area (Å²) in [5, 5.41) is 9.82. The lowest BCUT2D eigenvalue weighted by Gasteiger charge is -2.20. The first-order valence-electron chi connectivity index (χ1n) is 7.85. The molecule has 0 aliphatic rings. The van der Waals surface area contributed by atoms with Crippen LogP contribution < -0.4 is 10.6 Å². The van der Waals surface area contributed by atoms with Crippen molar-refractivity contribution in [3.8, 4) is 5.82 Å². The molecule has 2 N–H and O–H groups in total. The lowest BCUT2D eigenvalue weighted by Crippen LogP contribution is -2.46. The van der Waals surface area contributed by atoms with Crippen molar-refractivity contribution in [3.63, 3.8) is 0 Å². The molecule has 0 unspecified atom stereocenters. The number of aryl methyl sites for hydroxylation is 2. The molecule has 128 valence electrons. The van der Waals surface area contributed by atoms with E-state index in [1.807, 2.05) is 33.8 Å². The molecule has 2 aromatic heterocycles. The minimum atomic E-state index is -0.585. The fraction of sp³-hybridized carbons (Fsp3) is 0.412. The zero-order valence-corrected chi connectivity index (χ0v) is 14.6. The number of hydrogen-bond acceptors (Lipinski definition) is 4. The standard InChI is InChI=1S/C17H23N5O2/c1-10(2)16(19-13(5)23)17(24)20-14-6-7-15(18-9-14)22-12(4)8-11(3)21-22/h6-10,16H,1-5H3,(H,19,23)(H,20,24)/t16-/m1/s1. The molecule has 24 heavy (non-hydrogen) atoms. The Morgan fingerprint density at radius 3 is 2.38 bits per heavy atom. The molecule has 1 atom stereocenters. The van der Waals surface area contributed by atoms with Crippen molar-refractivity contribution >= 4 is 17.5 Å². The molecule has 0 bridgehead atoms. The largest absolute Gasteiger partial charge is 0.344 e. The molecule has 7 heteroatoms. The smallest absolute Gasteiger partial charge is 0.247 e. The van der Waals surface area contributed by atoms with Gasteiger partial charge in [0.25, 0.3) is 0 Å². The molecule has 7 nitrogen and oxygen atoms in total. The van der Waals surface area contributed by atoms with Crippen molar-refractivity contribution in [1.82, 2.24) is 20.1 Å². The average molecular weight is 329 g/mol. The van der Waals surface area contributed by atoms with E-state index >= 15 is 0 Å². The van der Waals surface area contributed by atoms with E-state index in [2.05, 4.69) is 20.7 Å². The summed E-state index contributed by atoms with van der Waals surface area (Å²) in [6, 6.07) is 4.94. The number of nitrogens with one attached hydrogen (secondary N) is 2. The molecule has 0 aromatic carbocycles. The average Bonchev–Trinajstić information content (AvgIpc) is 2.83. The third-order valence-corrected chi connectivity index (χ3v) is 3.55. The molecule has 0 radical (unpaired) electrons. The molecule has 2 rings (SSSR count). The fourth-order valence-corrected chi connectivity index (χ4v) is 2.42. The number of pyridine rings is 1. The van der Waals surface area contributed by atoms with Crippen LogP contribution in [0.2, 0.25) is 0 Å². The lowest BCUT2D eigenvalue weighted by molar-refractivity contribution is -0.126. The van der Waals surface area contributed by atoms with E-state index in [0.29, 0.717) is 11.5 Å². The molecule has 0 aliphatic heterocycles. The van der Waals surface area contributed by atoms with Crippen molar-refractivity contribution < 1.29 is 9.59 Å². The van der Waals surface area contributed by atoms with E-state index in [-0.39, 0.29) is 17.7 Å². The third kappa shape index (κ3) is 4.18. The number of hydrogen-bond donors (Lipinski definition) is 2. The van der Waals surface area contributed by atoms with Crippen LogP contribution in [0.5, 0.6) is 0 Å². The summed E-state index contributed by atoms with van der Waals surface area (Å²) in [5.74, 6) is 0.166. The highest BCUT2D eigenvalue weighted by Crippen LogP contribution is 2.13. The lowest BCUT2D eigenvalue weighted by atomic mass is 10.0. The maximum Gasteiger partial charge on any atom is 0.247 e. The normalized spacial score (nSPS) is 12.1. The van der Waals surface area contributed by atoms with E-state index in [4.69, 9.17) is 0 Å². The Morgan fingerprint density at radius 2 is 1.92 bits per heavy atom. The predicted octanol–water partition coefficient (Wildman–Crippen LogP) is 1.98. The zero-order chi connectivity index (χ0) is 17.9. The first kappa shape index (κ1) is 17.7. The third-order valence-electron chi connectivity index (χ3n) is 3.55. The van der Waals surface area contributed by atoms with Gasteiger partial charge in [0.1, 0.15) is 6.04 Å².